The van der Waals surface area contributed by atoms with Crippen LogP contribution in [0, 0.1) is 0 Å². The SMILES string of the molecule is c1ccc(-n2c(-c3ccc(-n4c5ccccc5c5cc6c(cc54)Sc4ccccc4C64c5ccccc5-n5c6ccccc6c6cccc4c65)cc3)nc3ccccc32)cc1. The fourth-order valence-electron chi connectivity index (χ4n) is 10.9. The van der Waals surface area contributed by atoms with Crippen LogP contribution in [0.5, 0.6) is 0 Å². The van der Waals surface area contributed by atoms with Gasteiger partial charge in [-0.2, -0.15) is 0 Å². The molecule has 14 rings (SSSR count). The summed E-state index contributed by atoms with van der Waals surface area (Å²) in [7, 11) is 0. The number of rotatable bonds is 3. The van der Waals surface area contributed by atoms with Crippen molar-refractivity contribution < 1.29 is 0 Å². The lowest BCUT2D eigenvalue weighted by molar-refractivity contribution is 0.691. The van der Waals surface area contributed by atoms with Gasteiger partial charge in [0.25, 0.3) is 0 Å². The van der Waals surface area contributed by atoms with Crippen LogP contribution in [-0.4, -0.2) is 18.7 Å². The second-order valence-corrected chi connectivity index (χ2v) is 17.4. The predicted octanol–water partition coefficient (Wildman–Crippen LogP) is 14.0. The van der Waals surface area contributed by atoms with Crippen LogP contribution in [0.3, 0.4) is 0 Å². The Morgan fingerprint density at radius 1 is 0.377 bits per heavy atom. The number of para-hydroxylation sites is 7. The number of nitrogens with zero attached hydrogens (tertiary/aromatic N) is 4. The molecule has 0 amide bonds. The van der Waals surface area contributed by atoms with E-state index in [2.05, 4.69) is 220 Å². The lowest BCUT2D eigenvalue weighted by atomic mass is 9.62. The van der Waals surface area contributed by atoms with Gasteiger partial charge < -0.3 is 9.13 Å². The highest BCUT2D eigenvalue weighted by molar-refractivity contribution is 7.99. The highest BCUT2D eigenvalue weighted by atomic mass is 32.2. The minimum Gasteiger partial charge on any atom is -0.309 e. The minimum absolute atomic E-state index is 0.541. The second kappa shape index (κ2) is 12.2. The smallest absolute Gasteiger partial charge is 0.145 e. The molecule has 2 aliphatic rings. The molecule has 5 heterocycles. The molecule has 2 aliphatic heterocycles. The van der Waals surface area contributed by atoms with Crippen LogP contribution in [0.2, 0.25) is 0 Å². The topological polar surface area (TPSA) is 27.7 Å². The average Bonchev–Trinajstić information content (AvgIpc) is 3.99. The van der Waals surface area contributed by atoms with Crippen LogP contribution < -0.4 is 0 Å². The zero-order valence-electron chi connectivity index (χ0n) is 32.8. The molecular weight excluding hydrogens is 761 g/mol. The number of imidazole rings is 1. The number of hydrogen-bond acceptors (Lipinski definition) is 2. The van der Waals surface area contributed by atoms with Gasteiger partial charge in [-0.1, -0.05) is 133 Å². The molecule has 0 fully saturated rings. The number of aromatic nitrogens is 4. The summed E-state index contributed by atoms with van der Waals surface area (Å²) in [6.07, 6.45) is 0. The van der Waals surface area contributed by atoms with E-state index in [0.29, 0.717) is 0 Å². The summed E-state index contributed by atoms with van der Waals surface area (Å²) in [5, 5.41) is 5.07. The first-order valence-electron chi connectivity index (χ1n) is 20.9. The monoisotopic (exact) mass is 794 g/mol. The van der Waals surface area contributed by atoms with Crippen LogP contribution in [-0.2, 0) is 5.41 Å². The van der Waals surface area contributed by atoms with Gasteiger partial charge in [-0.15, -0.1) is 0 Å². The Morgan fingerprint density at radius 3 is 1.84 bits per heavy atom. The second-order valence-electron chi connectivity index (χ2n) is 16.3. The molecule has 4 nitrogen and oxygen atoms in total. The molecule has 0 saturated carbocycles. The molecule has 1 spiro atoms. The van der Waals surface area contributed by atoms with Gasteiger partial charge in [0.2, 0.25) is 0 Å². The first-order valence-corrected chi connectivity index (χ1v) is 21.7. The minimum atomic E-state index is -0.541. The third-order valence-corrected chi connectivity index (χ3v) is 14.4. The maximum absolute atomic E-state index is 5.17. The summed E-state index contributed by atoms with van der Waals surface area (Å²) in [5.41, 5.74) is 16.3. The van der Waals surface area contributed by atoms with Gasteiger partial charge in [0.15, 0.2) is 0 Å². The molecule has 0 bridgehead atoms. The van der Waals surface area contributed by atoms with Gasteiger partial charge in [-0.25, -0.2) is 4.98 Å². The van der Waals surface area contributed by atoms with E-state index in [1.165, 1.54) is 81.3 Å². The Bertz CT molecular complexity index is 3800. The van der Waals surface area contributed by atoms with Gasteiger partial charge in [0.1, 0.15) is 5.82 Å². The summed E-state index contributed by atoms with van der Waals surface area (Å²) in [6, 6.07) is 75.9. The summed E-state index contributed by atoms with van der Waals surface area (Å²) in [6.45, 7) is 0. The molecule has 0 saturated heterocycles. The van der Waals surface area contributed by atoms with Crippen LogP contribution in [0.4, 0.5) is 0 Å². The van der Waals surface area contributed by atoms with E-state index >= 15 is 0 Å². The van der Waals surface area contributed by atoms with Crippen molar-refractivity contribution in [2.24, 2.45) is 0 Å². The Balaban J connectivity index is 1.03. The number of benzene rings is 9. The van der Waals surface area contributed by atoms with Crippen molar-refractivity contribution in [2.45, 2.75) is 15.2 Å². The van der Waals surface area contributed by atoms with Crippen molar-refractivity contribution in [3.8, 4) is 28.5 Å². The van der Waals surface area contributed by atoms with E-state index in [1.807, 2.05) is 11.8 Å². The summed E-state index contributed by atoms with van der Waals surface area (Å²) in [4.78, 5) is 7.74. The van der Waals surface area contributed by atoms with E-state index in [-0.39, 0.29) is 0 Å². The number of hydrogen-bond donors (Lipinski definition) is 0. The molecule has 9 aromatic carbocycles. The Morgan fingerprint density at radius 2 is 1.00 bits per heavy atom. The maximum Gasteiger partial charge on any atom is 0.145 e. The Hall–Kier alpha value is -7.60. The predicted molar refractivity (Wildman–Crippen MR) is 251 cm³/mol. The third-order valence-electron chi connectivity index (χ3n) is 13.3. The van der Waals surface area contributed by atoms with E-state index < -0.39 is 5.41 Å². The molecule has 61 heavy (non-hydrogen) atoms. The van der Waals surface area contributed by atoms with Crippen molar-refractivity contribution in [1.82, 2.24) is 18.7 Å². The quantitative estimate of drug-likeness (QED) is 0.178. The van der Waals surface area contributed by atoms with Crippen molar-refractivity contribution in [3.63, 3.8) is 0 Å². The van der Waals surface area contributed by atoms with E-state index in [1.54, 1.807) is 0 Å². The maximum atomic E-state index is 5.17. The molecule has 5 heteroatoms. The summed E-state index contributed by atoms with van der Waals surface area (Å²) in [5.74, 6) is 0.928. The fraction of sp³-hybridized carbons (Fsp3) is 0.0179. The average molecular weight is 795 g/mol. The summed E-state index contributed by atoms with van der Waals surface area (Å²) >= 11 is 1.90. The number of fused-ring (bicyclic) bond motifs is 15. The first-order chi connectivity index (χ1) is 30.3. The molecule has 1 atom stereocenters. The standard InChI is InChI=1S/C56H34N4S/c1-2-15-36(16-3-1)59-50-27-12-8-23-46(50)57-55(59)35-29-31-37(32-30-35)58-47-24-9-5-18-39(47)41-33-45-53(34-51(41)58)61-52-28-13-7-21-43(52)56(45)42-20-6-11-26-49(42)60-48-25-10-4-17-38(48)40-19-14-22-44(56)54(40)60/h1-34H. The molecule has 284 valence electrons. The molecule has 3 aromatic heterocycles. The van der Waals surface area contributed by atoms with E-state index in [9.17, 15) is 0 Å². The van der Waals surface area contributed by atoms with Gasteiger partial charge in [0.05, 0.1) is 44.2 Å². The molecule has 0 aliphatic carbocycles. The molecule has 1 unspecified atom stereocenters. The summed E-state index contributed by atoms with van der Waals surface area (Å²) < 4.78 is 7.25. The first kappa shape index (κ1) is 33.3. The third kappa shape index (κ3) is 4.33. The van der Waals surface area contributed by atoms with Gasteiger partial charge in [0, 0.05) is 48.3 Å². The van der Waals surface area contributed by atoms with Crippen molar-refractivity contribution in [1.29, 1.82) is 0 Å². The van der Waals surface area contributed by atoms with Gasteiger partial charge >= 0.3 is 0 Å². The van der Waals surface area contributed by atoms with Gasteiger partial charge in [-0.3, -0.25) is 4.57 Å². The molecule has 0 N–H and O–H groups in total. The fourth-order valence-corrected chi connectivity index (χ4v) is 12.1. The van der Waals surface area contributed by atoms with Gasteiger partial charge in [-0.05, 0) is 107 Å². The lowest BCUT2D eigenvalue weighted by Crippen LogP contribution is -2.37. The zero-order valence-corrected chi connectivity index (χ0v) is 33.6. The Kier molecular flexibility index (Phi) is 6.67. The zero-order chi connectivity index (χ0) is 39.8. The molecular formula is C56H34N4S. The van der Waals surface area contributed by atoms with Crippen LogP contribution in [0.1, 0.15) is 22.3 Å². The van der Waals surface area contributed by atoms with E-state index in [4.69, 9.17) is 4.98 Å². The van der Waals surface area contributed by atoms with Crippen molar-refractivity contribution in [2.75, 3.05) is 0 Å². The van der Waals surface area contributed by atoms with Crippen LogP contribution in [0.15, 0.2) is 216 Å². The van der Waals surface area contributed by atoms with Crippen molar-refractivity contribution >= 4 is 66.4 Å². The highest BCUT2D eigenvalue weighted by Gasteiger charge is 2.49. The Labute approximate surface area is 355 Å². The highest BCUT2D eigenvalue weighted by Crippen LogP contribution is 2.61. The lowest BCUT2D eigenvalue weighted by Gasteiger charge is -2.45. The normalized spacial score (nSPS) is 15.2. The molecule has 0 radical (unpaired) electrons. The van der Waals surface area contributed by atoms with Crippen LogP contribution in [0.25, 0.3) is 83.1 Å². The van der Waals surface area contributed by atoms with Crippen molar-refractivity contribution in [3.05, 3.63) is 229 Å². The molecule has 12 aromatic rings. The van der Waals surface area contributed by atoms with Crippen LogP contribution >= 0.6 is 11.8 Å². The largest absolute Gasteiger partial charge is 0.309 e. The van der Waals surface area contributed by atoms with E-state index in [0.717, 1.165) is 33.8 Å².